The second kappa shape index (κ2) is 7.70. The topological polar surface area (TPSA) is 69.7 Å². The molecule has 1 aromatic carbocycles. The number of carbonyl (C=O) groups excluding carboxylic acids is 1. The Balaban J connectivity index is 1.39. The summed E-state index contributed by atoms with van der Waals surface area (Å²) in [4.78, 5) is 16.3. The molecule has 2 heterocycles. The highest BCUT2D eigenvalue weighted by Crippen LogP contribution is 2.12. The first-order valence-electron chi connectivity index (χ1n) is 8.64. The predicted molar refractivity (Wildman–Crippen MR) is 93.7 cm³/mol. The number of amides is 2. The highest BCUT2D eigenvalue weighted by molar-refractivity contribution is 7.91. The van der Waals surface area contributed by atoms with Gasteiger partial charge in [-0.2, -0.15) is 0 Å². The summed E-state index contributed by atoms with van der Waals surface area (Å²) in [5, 5.41) is 2.84. The molecule has 1 N–H and O–H groups in total. The Morgan fingerprint density at radius 3 is 2.44 bits per heavy atom. The molecule has 0 radical (unpaired) electrons. The van der Waals surface area contributed by atoms with Crippen molar-refractivity contribution < 1.29 is 17.6 Å². The van der Waals surface area contributed by atoms with E-state index in [1.807, 2.05) is 0 Å². The summed E-state index contributed by atoms with van der Waals surface area (Å²) in [6, 6.07) is 6.12. The Labute approximate surface area is 147 Å². The molecule has 1 unspecified atom stereocenters. The molecule has 138 valence electrons. The Hall–Kier alpha value is -1.67. The van der Waals surface area contributed by atoms with Crippen LogP contribution in [0.1, 0.15) is 12.0 Å². The van der Waals surface area contributed by atoms with Gasteiger partial charge in [-0.05, 0) is 30.5 Å². The van der Waals surface area contributed by atoms with Crippen LogP contribution in [0.5, 0.6) is 0 Å². The van der Waals surface area contributed by atoms with Gasteiger partial charge in [0.2, 0.25) is 0 Å². The summed E-state index contributed by atoms with van der Waals surface area (Å²) in [7, 11) is -2.98. The third-order valence-corrected chi connectivity index (χ3v) is 6.62. The Bertz CT molecular complexity index is 700. The zero-order chi connectivity index (χ0) is 17.9. The third kappa shape index (κ3) is 5.15. The first-order valence-corrected chi connectivity index (χ1v) is 10.5. The summed E-state index contributed by atoms with van der Waals surface area (Å²) < 4.78 is 35.8. The molecule has 0 saturated carbocycles. The monoisotopic (exact) mass is 369 g/mol. The number of nitrogens with zero attached hydrogens (tertiary/aromatic N) is 2. The molecule has 2 amide bonds. The molecule has 1 atom stereocenters. The number of carbonyl (C=O) groups is 1. The van der Waals surface area contributed by atoms with E-state index in [0.717, 1.165) is 31.6 Å². The molecule has 8 heteroatoms. The van der Waals surface area contributed by atoms with Crippen molar-refractivity contribution in [3.8, 4) is 0 Å². The number of piperazine rings is 1. The van der Waals surface area contributed by atoms with E-state index >= 15 is 0 Å². The Morgan fingerprint density at radius 2 is 1.84 bits per heavy atom. The number of halogens is 1. The van der Waals surface area contributed by atoms with Gasteiger partial charge < -0.3 is 10.2 Å². The van der Waals surface area contributed by atoms with E-state index in [1.54, 1.807) is 17.0 Å². The molecular weight excluding hydrogens is 345 g/mol. The van der Waals surface area contributed by atoms with Crippen molar-refractivity contribution in [2.75, 3.05) is 44.2 Å². The number of rotatable bonds is 4. The predicted octanol–water partition coefficient (Wildman–Crippen LogP) is 0.883. The van der Waals surface area contributed by atoms with Gasteiger partial charge in [0.25, 0.3) is 0 Å². The van der Waals surface area contributed by atoms with Crippen molar-refractivity contribution >= 4 is 15.9 Å². The molecule has 25 heavy (non-hydrogen) atoms. The van der Waals surface area contributed by atoms with Crippen LogP contribution in [0.4, 0.5) is 9.18 Å². The van der Waals surface area contributed by atoms with E-state index in [0.29, 0.717) is 19.5 Å². The smallest absolute Gasteiger partial charge is 0.317 e. The van der Waals surface area contributed by atoms with Gasteiger partial charge in [-0.25, -0.2) is 17.6 Å². The number of hydrogen-bond acceptors (Lipinski definition) is 4. The van der Waals surface area contributed by atoms with E-state index in [1.165, 1.54) is 12.1 Å². The molecule has 0 bridgehead atoms. The highest BCUT2D eigenvalue weighted by Gasteiger charge is 2.30. The Morgan fingerprint density at radius 1 is 1.16 bits per heavy atom. The zero-order valence-corrected chi connectivity index (χ0v) is 15.0. The van der Waals surface area contributed by atoms with Gasteiger partial charge in [-0.15, -0.1) is 0 Å². The van der Waals surface area contributed by atoms with E-state index in [4.69, 9.17) is 0 Å². The molecule has 2 aliphatic heterocycles. The number of benzene rings is 1. The van der Waals surface area contributed by atoms with Gasteiger partial charge in [0.1, 0.15) is 5.82 Å². The van der Waals surface area contributed by atoms with Gasteiger partial charge in [-0.1, -0.05) is 12.1 Å². The maximum atomic E-state index is 12.9. The van der Waals surface area contributed by atoms with E-state index < -0.39 is 9.84 Å². The third-order valence-electron chi connectivity index (χ3n) is 4.85. The van der Waals surface area contributed by atoms with Crippen LogP contribution >= 0.6 is 0 Å². The van der Waals surface area contributed by atoms with E-state index in [9.17, 15) is 17.6 Å². The van der Waals surface area contributed by atoms with Crippen LogP contribution in [-0.4, -0.2) is 74.5 Å². The van der Waals surface area contributed by atoms with Crippen LogP contribution in [0, 0.1) is 5.82 Å². The SMILES string of the molecule is O=C(NC1CCS(=O)(=O)C1)N1CCN(CCc2ccc(F)cc2)CC1. The number of sulfone groups is 1. The van der Waals surface area contributed by atoms with Gasteiger partial charge in [0.15, 0.2) is 9.84 Å². The molecular formula is C17H24FN3O3S. The van der Waals surface area contributed by atoms with Gasteiger partial charge in [0.05, 0.1) is 11.5 Å². The fraction of sp³-hybridized carbons (Fsp3) is 0.588. The first-order chi connectivity index (χ1) is 11.9. The van der Waals surface area contributed by atoms with Crippen molar-refractivity contribution in [2.45, 2.75) is 18.9 Å². The quantitative estimate of drug-likeness (QED) is 0.856. The minimum atomic E-state index is -2.98. The normalized spacial score (nSPS) is 23.6. The van der Waals surface area contributed by atoms with Crippen LogP contribution in [0.15, 0.2) is 24.3 Å². The van der Waals surface area contributed by atoms with Crippen molar-refractivity contribution in [1.29, 1.82) is 0 Å². The van der Waals surface area contributed by atoms with E-state index in [2.05, 4.69) is 10.2 Å². The summed E-state index contributed by atoms with van der Waals surface area (Å²) >= 11 is 0. The maximum Gasteiger partial charge on any atom is 0.317 e. The van der Waals surface area contributed by atoms with Gasteiger partial charge in [0, 0.05) is 38.8 Å². The molecule has 0 aromatic heterocycles. The average molecular weight is 369 g/mol. The summed E-state index contributed by atoms with van der Waals surface area (Å²) in [6.07, 6.45) is 1.36. The van der Waals surface area contributed by atoms with Crippen molar-refractivity contribution in [3.63, 3.8) is 0 Å². The lowest BCUT2D eigenvalue weighted by Gasteiger charge is -2.35. The molecule has 2 fully saturated rings. The van der Waals surface area contributed by atoms with Crippen LogP contribution in [-0.2, 0) is 16.3 Å². The van der Waals surface area contributed by atoms with E-state index in [-0.39, 0.29) is 29.4 Å². The number of nitrogens with one attached hydrogen (secondary N) is 1. The lowest BCUT2D eigenvalue weighted by molar-refractivity contribution is 0.138. The molecule has 6 nitrogen and oxygen atoms in total. The van der Waals surface area contributed by atoms with Gasteiger partial charge in [-0.3, -0.25) is 4.90 Å². The van der Waals surface area contributed by atoms with Crippen molar-refractivity contribution in [2.24, 2.45) is 0 Å². The Kier molecular flexibility index (Phi) is 5.58. The zero-order valence-electron chi connectivity index (χ0n) is 14.2. The fourth-order valence-electron chi connectivity index (χ4n) is 3.29. The molecule has 2 saturated heterocycles. The van der Waals surface area contributed by atoms with Crippen LogP contribution in [0.3, 0.4) is 0 Å². The lowest BCUT2D eigenvalue weighted by Crippen LogP contribution is -2.53. The molecule has 3 rings (SSSR count). The summed E-state index contributed by atoms with van der Waals surface area (Å²) in [5.41, 5.74) is 1.10. The average Bonchev–Trinajstić information content (AvgIpc) is 2.93. The largest absolute Gasteiger partial charge is 0.334 e. The highest BCUT2D eigenvalue weighted by atomic mass is 32.2. The molecule has 0 spiro atoms. The summed E-state index contributed by atoms with van der Waals surface area (Å²) in [5.74, 6) is -0.00989. The second-order valence-corrected chi connectivity index (χ2v) is 8.98. The minimum Gasteiger partial charge on any atom is -0.334 e. The standard InChI is InChI=1S/C17H24FN3O3S/c18-15-3-1-14(2-4-15)5-7-20-8-10-21(11-9-20)17(22)19-16-6-12-25(23,24)13-16/h1-4,16H,5-13H2,(H,19,22). The number of hydrogen-bond donors (Lipinski definition) is 1. The van der Waals surface area contributed by atoms with Crippen LogP contribution in [0.2, 0.25) is 0 Å². The van der Waals surface area contributed by atoms with Crippen molar-refractivity contribution in [1.82, 2.24) is 15.1 Å². The molecule has 2 aliphatic rings. The minimum absolute atomic E-state index is 0.0520. The van der Waals surface area contributed by atoms with Crippen LogP contribution < -0.4 is 5.32 Å². The molecule has 0 aliphatic carbocycles. The molecule has 1 aromatic rings. The number of urea groups is 1. The van der Waals surface area contributed by atoms with Crippen LogP contribution in [0.25, 0.3) is 0 Å². The summed E-state index contributed by atoms with van der Waals surface area (Å²) in [6.45, 7) is 3.72. The first kappa shape index (κ1) is 18.1. The second-order valence-electron chi connectivity index (χ2n) is 6.75. The van der Waals surface area contributed by atoms with Crippen molar-refractivity contribution in [3.05, 3.63) is 35.6 Å². The maximum absolute atomic E-state index is 12.9. The fourth-order valence-corrected chi connectivity index (χ4v) is 4.96. The lowest BCUT2D eigenvalue weighted by atomic mass is 10.1. The van der Waals surface area contributed by atoms with Gasteiger partial charge >= 0.3 is 6.03 Å².